The first-order valence-corrected chi connectivity index (χ1v) is 27.9. The molecule has 0 saturated carbocycles. The van der Waals surface area contributed by atoms with Gasteiger partial charge in [-0.1, -0.05) is 251 Å². The van der Waals surface area contributed by atoms with Gasteiger partial charge in [0.15, 0.2) is 0 Å². The van der Waals surface area contributed by atoms with Crippen LogP contribution in [0.5, 0.6) is 0 Å². The van der Waals surface area contributed by atoms with Crippen molar-refractivity contribution < 1.29 is 4.74 Å². The molecule has 0 aliphatic carbocycles. The van der Waals surface area contributed by atoms with E-state index >= 15 is 0 Å². The zero-order valence-corrected chi connectivity index (χ0v) is 49.3. The molecule has 0 N–H and O–H groups in total. The first-order chi connectivity index (χ1) is 28.3. The zero-order chi connectivity index (χ0) is 49.6. The molecule has 0 aromatic carbocycles. The molecular formula is C61H132O. The Balaban J connectivity index is -0.000000240. The van der Waals surface area contributed by atoms with E-state index in [4.69, 9.17) is 4.74 Å². The van der Waals surface area contributed by atoms with Crippen molar-refractivity contribution in [2.45, 2.75) is 296 Å². The largest absolute Gasteiger partial charge is 0.381 e. The van der Waals surface area contributed by atoms with Gasteiger partial charge in [-0.25, -0.2) is 0 Å². The Labute approximate surface area is 400 Å². The Hall–Kier alpha value is -0.0400. The highest BCUT2D eigenvalue weighted by Crippen LogP contribution is 2.37. The predicted molar refractivity (Wildman–Crippen MR) is 293 cm³/mol. The lowest BCUT2D eigenvalue weighted by Gasteiger charge is -2.33. The average molecular weight is 882 g/mol. The van der Waals surface area contributed by atoms with Crippen molar-refractivity contribution in [1.82, 2.24) is 0 Å². The second-order valence-corrected chi connectivity index (χ2v) is 26.5. The molecule has 0 rings (SSSR count). The Morgan fingerprint density at radius 1 is 0.387 bits per heavy atom. The number of rotatable bonds is 28. The third kappa shape index (κ3) is 64.2. The summed E-state index contributed by atoms with van der Waals surface area (Å²) in [6, 6.07) is 0. The van der Waals surface area contributed by atoms with Crippen molar-refractivity contribution in [3.8, 4) is 0 Å². The molecule has 0 aliphatic rings. The first kappa shape index (κ1) is 71.0. The molecular weight excluding hydrogens is 749 g/mol. The van der Waals surface area contributed by atoms with Crippen molar-refractivity contribution in [1.29, 1.82) is 0 Å². The van der Waals surface area contributed by atoms with Gasteiger partial charge in [0.25, 0.3) is 0 Å². The summed E-state index contributed by atoms with van der Waals surface area (Å²) in [6.45, 7) is 64.6. The van der Waals surface area contributed by atoms with Crippen molar-refractivity contribution in [2.75, 3.05) is 13.2 Å². The van der Waals surface area contributed by atoms with E-state index in [0.717, 1.165) is 84.2 Å². The van der Waals surface area contributed by atoms with Crippen LogP contribution < -0.4 is 0 Å². The minimum Gasteiger partial charge on any atom is -0.381 e. The molecule has 0 bridgehead atoms. The highest BCUT2D eigenvalue weighted by Gasteiger charge is 2.26. The van der Waals surface area contributed by atoms with Crippen LogP contribution >= 0.6 is 0 Å². The summed E-state index contributed by atoms with van der Waals surface area (Å²) in [5, 5.41) is 0. The van der Waals surface area contributed by atoms with Crippen LogP contribution in [0.15, 0.2) is 0 Å². The quantitative estimate of drug-likeness (QED) is 0.0712. The third-order valence-electron chi connectivity index (χ3n) is 12.0. The van der Waals surface area contributed by atoms with E-state index in [1.54, 1.807) is 0 Å². The summed E-state index contributed by atoms with van der Waals surface area (Å²) in [5.41, 5.74) is 0.938. The van der Waals surface area contributed by atoms with Crippen LogP contribution in [0.25, 0.3) is 0 Å². The van der Waals surface area contributed by atoms with Gasteiger partial charge in [0.05, 0.1) is 0 Å². The molecule has 1 heteroatoms. The summed E-state index contributed by atoms with van der Waals surface area (Å²) in [5.74, 6) is 11.2. The van der Waals surface area contributed by atoms with E-state index in [-0.39, 0.29) is 0 Å². The van der Waals surface area contributed by atoms with Gasteiger partial charge >= 0.3 is 0 Å². The topological polar surface area (TPSA) is 9.23 Å². The summed E-state index contributed by atoms with van der Waals surface area (Å²) in [7, 11) is 0. The van der Waals surface area contributed by atoms with E-state index in [1.165, 1.54) is 109 Å². The van der Waals surface area contributed by atoms with Crippen molar-refractivity contribution in [2.24, 2.45) is 87.8 Å². The Morgan fingerprint density at radius 2 is 0.823 bits per heavy atom. The van der Waals surface area contributed by atoms with Gasteiger partial charge in [-0.15, -0.1) is 0 Å². The van der Waals surface area contributed by atoms with E-state index in [1.807, 2.05) is 0 Å². The van der Waals surface area contributed by atoms with E-state index < -0.39 is 0 Å². The minimum atomic E-state index is 0.462. The monoisotopic (exact) mass is 881 g/mol. The summed E-state index contributed by atoms with van der Waals surface area (Å²) < 4.78 is 5.45. The number of unbranched alkanes of at least 4 members (excludes halogenated alkanes) is 1. The molecule has 0 aromatic heterocycles. The molecule has 6 atom stereocenters. The van der Waals surface area contributed by atoms with Gasteiger partial charge in [0, 0.05) is 13.2 Å². The van der Waals surface area contributed by atoms with Gasteiger partial charge in [0.1, 0.15) is 0 Å². The maximum absolute atomic E-state index is 5.45. The summed E-state index contributed by atoms with van der Waals surface area (Å²) in [4.78, 5) is 0. The normalized spacial score (nSPS) is 15.0. The van der Waals surface area contributed by atoms with Gasteiger partial charge in [-0.2, -0.15) is 0 Å². The Kier molecular flexibility index (Phi) is 49.8. The highest BCUT2D eigenvalue weighted by atomic mass is 16.5. The molecule has 0 fully saturated rings. The molecule has 0 radical (unpaired) electrons. The fourth-order valence-corrected chi connectivity index (χ4v) is 9.36. The predicted octanol–water partition coefficient (Wildman–Crippen LogP) is 22.1. The smallest absolute Gasteiger partial charge is 0.0488 e. The van der Waals surface area contributed by atoms with Crippen molar-refractivity contribution >= 4 is 0 Å². The number of hydrogen-bond donors (Lipinski definition) is 0. The lowest BCUT2D eigenvalue weighted by atomic mass is 9.72. The maximum atomic E-state index is 5.45. The first-order valence-electron chi connectivity index (χ1n) is 27.9. The fourth-order valence-electron chi connectivity index (χ4n) is 9.36. The molecule has 0 aromatic rings. The molecule has 0 spiro atoms. The van der Waals surface area contributed by atoms with E-state index in [0.29, 0.717) is 16.7 Å². The van der Waals surface area contributed by atoms with Crippen LogP contribution in [0, 0.1) is 87.8 Å². The lowest BCUT2D eigenvalue weighted by Crippen LogP contribution is -2.23. The molecule has 382 valence electrons. The lowest BCUT2D eigenvalue weighted by molar-refractivity contribution is 0.105. The highest BCUT2D eigenvalue weighted by molar-refractivity contribution is 4.77. The van der Waals surface area contributed by atoms with Gasteiger partial charge < -0.3 is 4.74 Å². The molecule has 0 saturated heterocycles. The molecule has 62 heavy (non-hydrogen) atoms. The van der Waals surface area contributed by atoms with Gasteiger partial charge in [-0.3, -0.25) is 0 Å². The van der Waals surface area contributed by atoms with E-state index in [2.05, 4.69) is 187 Å². The SMILES string of the molecule is CC(C)C.CC(C)CC(C)C.CC(C)CCCOCC(C)C.CC(CCC(C(C)C)C(C)CC(C)(C)C)CC(C)(C)C.CCCC(C)CCCCC(CCC(C)CCC)C(C)C. The minimum absolute atomic E-state index is 0.462. The summed E-state index contributed by atoms with van der Waals surface area (Å²) in [6.07, 6.45) is 23.6. The maximum Gasteiger partial charge on any atom is 0.0488 e. The standard InChI is InChI=1S/2C20H42.C10H22O.C7H16.C4H10/c1-15(2)18(17(4)14-20(8,9)10)12-11-16(3)13-19(5,6)7;1-7-11-18(5)13-9-10-14-20(17(3)4)16-15-19(6)12-8-2;1-9(2)6-5-7-11-8-10(3)4;1-6(2)5-7(3)4;1-4(2)3/h15-18H,11-14H2,1-10H3;17-20H,7-16H2,1-6H3;9-10H,5-8H2,1-4H3;6-7H,5H2,1-4H3;4H,1-3H3. The molecule has 0 aliphatic heterocycles. The van der Waals surface area contributed by atoms with Gasteiger partial charge in [0.2, 0.25) is 0 Å². The van der Waals surface area contributed by atoms with Crippen molar-refractivity contribution in [3.63, 3.8) is 0 Å². The second kappa shape index (κ2) is 43.5. The van der Waals surface area contributed by atoms with Crippen LogP contribution in [0.1, 0.15) is 296 Å². The Bertz CT molecular complexity index is 829. The summed E-state index contributed by atoms with van der Waals surface area (Å²) >= 11 is 0. The molecule has 0 heterocycles. The number of hydrogen-bond acceptors (Lipinski definition) is 1. The van der Waals surface area contributed by atoms with Gasteiger partial charge in [-0.05, 0) is 133 Å². The van der Waals surface area contributed by atoms with Crippen LogP contribution in [0.2, 0.25) is 0 Å². The molecule has 1 nitrogen and oxygen atoms in total. The number of ether oxygens (including phenoxy) is 1. The van der Waals surface area contributed by atoms with Crippen LogP contribution in [0.3, 0.4) is 0 Å². The third-order valence-corrected chi connectivity index (χ3v) is 12.0. The molecule has 6 unspecified atom stereocenters. The average Bonchev–Trinajstić information content (AvgIpc) is 3.06. The van der Waals surface area contributed by atoms with Crippen molar-refractivity contribution in [3.05, 3.63) is 0 Å². The zero-order valence-electron chi connectivity index (χ0n) is 49.3. The van der Waals surface area contributed by atoms with E-state index in [9.17, 15) is 0 Å². The second-order valence-electron chi connectivity index (χ2n) is 26.5. The Morgan fingerprint density at radius 3 is 1.18 bits per heavy atom. The molecule has 0 amide bonds. The fraction of sp³-hybridized carbons (Fsp3) is 1.00. The van der Waals surface area contributed by atoms with Crippen LogP contribution in [-0.2, 0) is 4.74 Å². The van der Waals surface area contributed by atoms with Crippen LogP contribution in [0.4, 0.5) is 0 Å². The van der Waals surface area contributed by atoms with Crippen LogP contribution in [-0.4, -0.2) is 13.2 Å².